The van der Waals surface area contributed by atoms with Crippen molar-refractivity contribution in [1.29, 1.82) is 0 Å². The molecule has 4 aromatic rings. The molecule has 0 aliphatic heterocycles. The third-order valence-corrected chi connectivity index (χ3v) is 6.33. The zero-order valence-corrected chi connectivity index (χ0v) is 20.5. The average molecular weight is 489 g/mol. The van der Waals surface area contributed by atoms with Crippen LogP contribution in [0, 0.1) is 0 Å². The highest BCUT2D eigenvalue weighted by Crippen LogP contribution is 2.28. The molecule has 0 radical (unpaired) electrons. The maximum Gasteiger partial charge on any atom is 0.261 e. The number of nitrogens with zero attached hydrogens (tertiary/aromatic N) is 3. The fourth-order valence-corrected chi connectivity index (χ4v) is 4.58. The third kappa shape index (κ3) is 5.45. The van der Waals surface area contributed by atoms with E-state index in [1.54, 1.807) is 39.8 Å². The van der Waals surface area contributed by atoms with Crippen molar-refractivity contribution in [3.05, 3.63) is 117 Å². The molecule has 1 unspecified atom stereocenters. The highest BCUT2D eigenvalue weighted by molar-refractivity contribution is 6.30. The van der Waals surface area contributed by atoms with E-state index in [9.17, 15) is 9.59 Å². The maximum absolute atomic E-state index is 13.7. The fraction of sp³-hybridized carbons (Fsp3) is 0.250. The number of hydrogen-bond acceptors (Lipinski definition) is 4. The molecule has 1 atom stereocenters. The zero-order chi connectivity index (χ0) is 24.8. The molecule has 2 aromatic carbocycles. The first-order valence-corrected chi connectivity index (χ1v) is 12.2. The number of amides is 1. The molecule has 4 rings (SSSR count). The molecule has 0 fully saturated rings. The second-order valence-corrected chi connectivity index (χ2v) is 8.88. The van der Waals surface area contributed by atoms with Crippen molar-refractivity contribution >= 4 is 23.2 Å². The normalized spacial score (nSPS) is 12.0. The van der Waals surface area contributed by atoms with Gasteiger partial charge < -0.3 is 10.6 Å². The first kappa shape index (κ1) is 24.6. The summed E-state index contributed by atoms with van der Waals surface area (Å²) in [4.78, 5) is 34.1. The molecule has 2 aromatic heterocycles. The number of benzene rings is 2. The monoisotopic (exact) mass is 488 g/mol. The lowest BCUT2D eigenvalue weighted by Crippen LogP contribution is -2.38. The van der Waals surface area contributed by atoms with Crippen LogP contribution in [-0.4, -0.2) is 33.3 Å². The summed E-state index contributed by atoms with van der Waals surface area (Å²) in [5.41, 5.74) is 8.97. The van der Waals surface area contributed by atoms with Gasteiger partial charge in [0.25, 0.3) is 11.5 Å². The van der Waals surface area contributed by atoms with Crippen molar-refractivity contribution in [1.82, 2.24) is 14.3 Å². The molecule has 0 saturated heterocycles. The Morgan fingerprint density at radius 1 is 1.09 bits per heavy atom. The highest BCUT2D eigenvalue weighted by Gasteiger charge is 2.29. The molecule has 0 aliphatic rings. The van der Waals surface area contributed by atoms with Gasteiger partial charge in [0.1, 0.15) is 5.65 Å². The van der Waals surface area contributed by atoms with Crippen molar-refractivity contribution < 1.29 is 4.79 Å². The molecule has 6 nitrogen and oxygen atoms in total. The van der Waals surface area contributed by atoms with Crippen LogP contribution in [0.5, 0.6) is 0 Å². The van der Waals surface area contributed by atoms with Gasteiger partial charge in [-0.3, -0.25) is 14.0 Å². The van der Waals surface area contributed by atoms with Crippen LogP contribution in [0.15, 0.2) is 83.8 Å². The van der Waals surface area contributed by atoms with Crippen LogP contribution in [0.4, 0.5) is 0 Å². The van der Waals surface area contributed by atoms with Gasteiger partial charge in [0.05, 0.1) is 11.7 Å². The number of aromatic nitrogens is 2. The Hall–Kier alpha value is -3.48. The molecular formula is C28H29ClN4O2. The summed E-state index contributed by atoms with van der Waals surface area (Å²) in [6.45, 7) is 2.90. The van der Waals surface area contributed by atoms with Gasteiger partial charge in [-0.25, -0.2) is 4.98 Å². The van der Waals surface area contributed by atoms with Gasteiger partial charge in [0.2, 0.25) is 0 Å². The Balaban J connectivity index is 1.87. The number of carbonyl (C=O) groups excluding carboxylic acids is 1. The summed E-state index contributed by atoms with van der Waals surface area (Å²) < 4.78 is 1.57. The van der Waals surface area contributed by atoms with Crippen molar-refractivity contribution in [2.24, 2.45) is 5.73 Å². The maximum atomic E-state index is 13.7. The topological polar surface area (TPSA) is 80.7 Å². The molecule has 180 valence electrons. The van der Waals surface area contributed by atoms with E-state index in [0.717, 1.165) is 5.56 Å². The Kier molecular flexibility index (Phi) is 7.95. The number of fused-ring (bicyclic) bond motifs is 1. The molecule has 2 heterocycles. The summed E-state index contributed by atoms with van der Waals surface area (Å²) >= 11 is 6.18. The van der Waals surface area contributed by atoms with E-state index in [1.807, 2.05) is 55.5 Å². The SMILES string of the molecule is CCC(c1nc2ccccn2c(=O)c1Cc1ccccc1)N(CCCN)C(=O)c1cccc(Cl)c1. The summed E-state index contributed by atoms with van der Waals surface area (Å²) in [7, 11) is 0. The summed E-state index contributed by atoms with van der Waals surface area (Å²) in [6.07, 6.45) is 3.37. The molecule has 0 bridgehead atoms. The van der Waals surface area contributed by atoms with Crippen LogP contribution in [0.3, 0.4) is 0 Å². The Bertz CT molecular complexity index is 1370. The Morgan fingerprint density at radius 2 is 1.86 bits per heavy atom. The summed E-state index contributed by atoms with van der Waals surface area (Å²) in [5, 5.41) is 0.495. The number of rotatable bonds is 9. The van der Waals surface area contributed by atoms with E-state index in [2.05, 4.69) is 0 Å². The first-order valence-electron chi connectivity index (χ1n) is 11.8. The molecule has 0 saturated carbocycles. The van der Waals surface area contributed by atoms with Gasteiger partial charge in [-0.2, -0.15) is 0 Å². The molecule has 35 heavy (non-hydrogen) atoms. The number of halogens is 1. The van der Waals surface area contributed by atoms with E-state index in [4.69, 9.17) is 22.3 Å². The Labute approximate surface area is 210 Å². The second kappa shape index (κ2) is 11.3. The number of carbonyl (C=O) groups is 1. The van der Waals surface area contributed by atoms with Gasteiger partial charge in [0, 0.05) is 35.3 Å². The Morgan fingerprint density at radius 3 is 2.57 bits per heavy atom. The molecule has 7 heteroatoms. The van der Waals surface area contributed by atoms with Crippen LogP contribution in [0.25, 0.3) is 5.65 Å². The molecule has 0 spiro atoms. The largest absolute Gasteiger partial charge is 0.330 e. The van der Waals surface area contributed by atoms with Crippen molar-refractivity contribution in [3.8, 4) is 0 Å². The van der Waals surface area contributed by atoms with Crippen LogP contribution < -0.4 is 11.3 Å². The van der Waals surface area contributed by atoms with Crippen LogP contribution in [0.1, 0.15) is 53.0 Å². The predicted octanol–water partition coefficient (Wildman–Crippen LogP) is 4.88. The minimum Gasteiger partial charge on any atom is -0.330 e. The van der Waals surface area contributed by atoms with Gasteiger partial charge >= 0.3 is 0 Å². The number of nitrogens with two attached hydrogens (primary N) is 1. The number of hydrogen-bond donors (Lipinski definition) is 1. The number of pyridine rings is 1. The van der Waals surface area contributed by atoms with E-state index >= 15 is 0 Å². The van der Waals surface area contributed by atoms with Crippen LogP contribution in [0.2, 0.25) is 5.02 Å². The molecule has 0 aliphatic carbocycles. The van der Waals surface area contributed by atoms with E-state index < -0.39 is 6.04 Å². The standard InChI is InChI=1S/C28H29ClN4O2/c1-2-24(32(17-9-15-30)27(34)21-12-8-13-22(29)19-21)26-23(18-20-10-4-3-5-11-20)28(35)33-16-7-6-14-25(33)31-26/h3-8,10-14,16,19,24H,2,9,15,17-18,30H2,1H3. The van der Waals surface area contributed by atoms with E-state index in [1.165, 1.54) is 0 Å². The van der Waals surface area contributed by atoms with Gasteiger partial charge in [-0.05, 0) is 55.3 Å². The van der Waals surface area contributed by atoms with Crippen molar-refractivity contribution in [2.45, 2.75) is 32.2 Å². The van der Waals surface area contributed by atoms with Crippen molar-refractivity contribution in [3.63, 3.8) is 0 Å². The quantitative estimate of drug-likeness (QED) is 0.364. The van der Waals surface area contributed by atoms with E-state index in [0.29, 0.717) is 59.8 Å². The lowest BCUT2D eigenvalue weighted by Gasteiger charge is -2.32. The smallest absolute Gasteiger partial charge is 0.261 e. The van der Waals surface area contributed by atoms with Crippen LogP contribution >= 0.6 is 11.6 Å². The van der Waals surface area contributed by atoms with Gasteiger partial charge in [-0.15, -0.1) is 0 Å². The molecule has 2 N–H and O–H groups in total. The lowest BCUT2D eigenvalue weighted by atomic mass is 9.97. The van der Waals surface area contributed by atoms with Gasteiger partial charge in [-0.1, -0.05) is 61.0 Å². The molecular weight excluding hydrogens is 460 g/mol. The van der Waals surface area contributed by atoms with Gasteiger partial charge in [0.15, 0.2) is 0 Å². The fourth-order valence-electron chi connectivity index (χ4n) is 4.39. The highest BCUT2D eigenvalue weighted by atomic mass is 35.5. The first-order chi connectivity index (χ1) is 17.0. The van der Waals surface area contributed by atoms with Crippen molar-refractivity contribution in [2.75, 3.05) is 13.1 Å². The summed E-state index contributed by atoms with van der Waals surface area (Å²) in [6, 6.07) is 21.8. The van der Waals surface area contributed by atoms with E-state index in [-0.39, 0.29) is 11.5 Å². The lowest BCUT2D eigenvalue weighted by molar-refractivity contribution is 0.0664. The minimum atomic E-state index is -0.398. The minimum absolute atomic E-state index is 0.123. The average Bonchev–Trinajstić information content (AvgIpc) is 2.88. The third-order valence-electron chi connectivity index (χ3n) is 6.10. The zero-order valence-electron chi connectivity index (χ0n) is 19.7. The summed E-state index contributed by atoms with van der Waals surface area (Å²) in [5.74, 6) is -0.159. The second-order valence-electron chi connectivity index (χ2n) is 8.45. The molecule has 1 amide bonds. The van der Waals surface area contributed by atoms with Crippen LogP contribution in [-0.2, 0) is 6.42 Å². The predicted molar refractivity (Wildman–Crippen MR) is 140 cm³/mol.